The molecule has 0 aliphatic carbocycles. The molecule has 86 valence electrons. The van der Waals surface area contributed by atoms with Crippen molar-refractivity contribution in [3.8, 4) is 6.07 Å². The van der Waals surface area contributed by atoms with Crippen LogP contribution in [0.3, 0.4) is 0 Å². The summed E-state index contributed by atoms with van der Waals surface area (Å²) in [5.74, 6) is 0. The Balaban J connectivity index is 2.53. The maximum Gasteiger partial charge on any atom is 0.276 e. The van der Waals surface area contributed by atoms with E-state index in [2.05, 4.69) is 6.07 Å². The molecule has 0 spiro atoms. The highest BCUT2D eigenvalue weighted by Crippen LogP contribution is 2.09. The van der Waals surface area contributed by atoms with Crippen LogP contribution in [0.25, 0.3) is 0 Å². The highest BCUT2D eigenvalue weighted by Gasteiger charge is 2.26. The lowest BCUT2D eigenvalue weighted by molar-refractivity contribution is 0.159. The third-order valence-corrected chi connectivity index (χ3v) is 3.69. The van der Waals surface area contributed by atoms with Gasteiger partial charge in [-0.1, -0.05) is 6.92 Å². The first-order valence-corrected chi connectivity index (χ1v) is 6.41. The number of piperazine rings is 1. The van der Waals surface area contributed by atoms with Crippen LogP contribution in [0.4, 0.5) is 0 Å². The maximum absolute atomic E-state index is 11.0. The van der Waals surface area contributed by atoms with Crippen LogP contribution in [-0.4, -0.2) is 49.8 Å². The molecule has 15 heavy (non-hydrogen) atoms. The topological polar surface area (TPSA) is 90.4 Å². The molecular formula is C8H16N4O2S. The average Bonchev–Trinajstić information content (AvgIpc) is 2.19. The molecule has 1 unspecified atom stereocenters. The van der Waals surface area contributed by atoms with Gasteiger partial charge in [0.2, 0.25) is 0 Å². The van der Waals surface area contributed by atoms with Crippen LogP contribution in [-0.2, 0) is 10.2 Å². The van der Waals surface area contributed by atoms with E-state index in [4.69, 9.17) is 10.4 Å². The van der Waals surface area contributed by atoms with Gasteiger partial charge < -0.3 is 0 Å². The van der Waals surface area contributed by atoms with Crippen LogP contribution in [0, 0.1) is 11.3 Å². The lowest BCUT2D eigenvalue weighted by Crippen LogP contribution is -2.53. The quantitative estimate of drug-likeness (QED) is 0.683. The highest BCUT2D eigenvalue weighted by molar-refractivity contribution is 7.86. The van der Waals surface area contributed by atoms with E-state index in [1.165, 1.54) is 4.31 Å². The molecule has 1 rings (SSSR count). The Labute approximate surface area is 90.4 Å². The number of rotatable bonds is 3. The highest BCUT2D eigenvalue weighted by atomic mass is 32.2. The second-order valence-electron chi connectivity index (χ2n) is 3.53. The third-order valence-electron chi connectivity index (χ3n) is 2.61. The van der Waals surface area contributed by atoms with Gasteiger partial charge in [-0.05, 0) is 6.42 Å². The van der Waals surface area contributed by atoms with Gasteiger partial charge in [0.25, 0.3) is 10.2 Å². The van der Waals surface area contributed by atoms with Crippen molar-refractivity contribution in [1.29, 1.82) is 5.26 Å². The molecule has 0 radical (unpaired) electrons. The Hall–Kier alpha value is -0.680. The molecule has 2 N–H and O–H groups in total. The molecule has 1 atom stereocenters. The van der Waals surface area contributed by atoms with Gasteiger partial charge in [0.15, 0.2) is 0 Å². The number of hydrogen-bond acceptors (Lipinski definition) is 4. The van der Waals surface area contributed by atoms with Gasteiger partial charge in [-0.15, -0.1) is 0 Å². The lowest BCUT2D eigenvalue weighted by Gasteiger charge is -2.34. The van der Waals surface area contributed by atoms with Gasteiger partial charge in [-0.2, -0.15) is 18.0 Å². The molecule has 0 aromatic carbocycles. The summed E-state index contributed by atoms with van der Waals surface area (Å²) >= 11 is 0. The zero-order chi connectivity index (χ0) is 11.5. The van der Waals surface area contributed by atoms with Gasteiger partial charge in [0, 0.05) is 26.2 Å². The summed E-state index contributed by atoms with van der Waals surface area (Å²) in [7, 11) is -3.56. The van der Waals surface area contributed by atoms with E-state index in [0.29, 0.717) is 26.2 Å². The van der Waals surface area contributed by atoms with Gasteiger partial charge in [0.05, 0.1) is 12.1 Å². The second-order valence-corrected chi connectivity index (χ2v) is 5.08. The van der Waals surface area contributed by atoms with Crippen LogP contribution in [0.5, 0.6) is 0 Å². The van der Waals surface area contributed by atoms with E-state index >= 15 is 0 Å². The number of hydrogen-bond donors (Lipinski definition) is 1. The summed E-state index contributed by atoms with van der Waals surface area (Å²) in [5.41, 5.74) is 0. The number of nitrogens with two attached hydrogens (primary N) is 1. The van der Waals surface area contributed by atoms with Crippen LogP contribution in [0.1, 0.15) is 13.3 Å². The summed E-state index contributed by atoms with van der Waals surface area (Å²) in [4.78, 5) is 1.99. The van der Waals surface area contributed by atoms with Crippen molar-refractivity contribution >= 4 is 10.2 Å². The molecule has 0 amide bonds. The molecule has 1 aliphatic rings. The predicted octanol–water partition coefficient (Wildman–Crippen LogP) is -0.890. The smallest absolute Gasteiger partial charge is 0.276 e. The van der Waals surface area contributed by atoms with Gasteiger partial charge >= 0.3 is 0 Å². The average molecular weight is 232 g/mol. The zero-order valence-electron chi connectivity index (χ0n) is 8.76. The largest absolute Gasteiger partial charge is 0.285 e. The molecule has 0 bridgehead atoms. The molecule has 0 aromatic rings. The third kappa shape index (κ3) is 3.14. The van der Waals surface area contributed by atoms with Crippen LogP contribution < -0.4 is 5.14 Å². The molecule has 7 heteroatoms. The first kappa shape index (κ1) is 12.4. The van der Waals surface area contributed by atoms with E-state index in [0.717, 1.165) is 6.42 Å². The minimum atomic E-state index is -3.56. The summed E-state index contributed by atoms with van der Waals surface area (Å²) in [6.45, 7) is 3.83. The fourth-order valence-electron chi connectivity index (χ4n) is 1.70. The molecule has 1 aliphatic heterocycles. The zero-order valence-corrected chi connectivity index (χ0v) is 9.57. The standard InChI is InChI=1S/C8H16N4O2S/c1-2-8(7-9)11-3-5-12(6-4-11)15(10,13)14/h8H,2-6H2,1H3,(H2,10,13,14). The Morgan fingerprint density at radius 2 is 1.93 bits per heavy atom. The summed E-state index contributed by atoms with van der Waals surface area (Å²) in [5, 5.41) is 13.9. The molecule has 1 heterocycles. The number of nitriles is 1. The first-order chi connectivity index (χ1) is 6.99. The summed E-state index contributed by atoms with van der Waals surface area (Å²) in [6, 6.07) is 2.08. The molecule has 1 fully saturated rings. The Bertz CT molecular complexity index is 340. The van der Waals surface area contributed by atoms with Crippen molar-refractivity contribution in [2.24, 2.45) is 5.14 Å². The van der Waals surface area contributed by atoms with E-state index in [1.54, 1.807) is 0 Å². The van der Waals surface area contributed by atoms with Crippen molar-refractivity contribution < 1.29 is 8.42 Å². The minimum Gasteiger partial charge on any atom is -0.285 e. The predicted molar refractivity (Wildman–Crippen MR) is 55.9 cm³/mol. The van der Waals surface area contributed by atoms with Crippen LogP contribution in [0.15, 0.2) is 0 Å². The van der Waals surface area contributed by atoms with Crippen LogP contribution in [0.2, 0.25) is 0 Å². The van der Waals surface area contributed by atoms with E-state index in [1.807, 2.05) is 11.8 Å². The molecule has 0 saturated carbocycles. The van der Waals surface area contributed by atoms with Crippen LogP contribution >= 0.6 is 0 Å². The van der Waals surface area contributed by atoms with Crippen molar-refractivity contribution in [3.05, 3.63) is 0 Å². The van der Waals surface area contributed by atoms with E-state index < -0.39 is 10.2 Å². The molecule has 1 saturated heterocycles. The summed E-state index contributed by atoms with van der Waals surface area (Å²) in [6.07, 6.45) is 0.756. The molecule has 6 nitrogen and oxygen atoms in total. The van der Waals surface area contributed by atoms with Crippen molar-refractivity contribution in [1.82, 2.24) is 9.21 Å². The molecule has 0 aromatic heterocycles. The first-order valence-electron chi connectivity index (χ1n) is 4.90. The Morgan fingerprint density at radius 3 is 2.27 bits per heavy atom. The molecular weight excluding hydrogens is 216 g/mol. The fraction of sp³-hybridized carbons (Fsp3) is 0.875. The summed E-state index contributed by atoms with van der Waals surface area (Å²) < 4.78 is 23.3. The van der Waals surface area contributed by atoms with Gasteiger partial charge in [0.1, 0.15) is 0 Å². The van der Waals surface area contributed by atoms with E-state index in [-0.39, 0.29) is 6.04 Å². The van der Waals surface area contributed by atoms with Gasteiger partial charge in [-0.25, -0.2) is 5.14 Å². The normalized spacial score (nSPS) is 22.2. The van der Waals surface area contributed by atoms with Gasteiger partial charge in [-0.3, -0.25) is 4.90 Å². The minimum absolute atomic E-state index is 0.118. The monoisotopic (exact) mass is 232 g/mol. The van der Waals surface area contributed by atoms with Crippen molar-refractivity contribution in [3.63, 3.8) is 0 Å². The van der Waals surface area contributed by atoms with Crippen molar-refractivity contribution in [2.45, 2.75) is 19.4 Å². The maximum atomic E-state index is 11.0. The van der Waals surface area contributed by atoms with E-state index in [9.17, 15) is 8.42 Å². The Morgan fingerprint density at radius 1 is 1.40 bits per heavy atom. The second kappa shape index (κ2) is 4.90. The fourth-order valence-corrected chi connectivity index (χ4v) is 2.37. The van der Waals surface area contributed by atoms with Crippen molar-refractivity contribution in [2.75, 3.05) is 26.2 Å². The SMILES string of the molecule is CCC(C#N)N1CCN(S(N)(=O)=O)CC1. The Kier molecular flexibility index (Phi) is 4.04. The number of nitrogens with zero attached hydrogens (tertiary/aromatic N) is 3. The lowest BCUT2D eigenvalue weighted by atomic mass is 10.2.